The first-order valence-electron chi connectivity index (χ1n) is 7.77. The molecule has 25 heavy (non-hydrogen) atoms. The molecule has 3 aromatic rings. The van der Waals surface area contributed by atoms with Crippen molar-refractivity contribution in [2.24, 2.45) is 0 Å². The third-order valence-electron chi connectivity index (χ3n) is 3.76. The van der Waals surface area contributed by atoms with Crippen molar-refractivity contribution < 1.29 is 13.5 Å². The number of oxazole rings is 1. The van der Waals surface area contributed by atoms with Crippen LogP contribution in [0.3, 0.4) is 0 Å². The van der Waals surface area contributed by atoms with E-state index < -0.39 is 0 Å². The summed E-state index contributed by atoms with van der Waals surface area (Å²) in [5.74, 6) is 1.17. The predicted octanol–water partition coefficient (Wildman–Crippen LogP) is 4.77. The zero-order chi connectivity index (χ0) is 17.8. The van der Waals surface area contributed by atoms with Gasteiger partial charge in [-0.15, -0.1) is 0 Å². The molecule has 0 saturated heterocycles. The van der Waals surface area contributed by atoms with Crippen LogP contribution in [0.15, 0.2) is 53.1 Å². The van der Waals surface area contributed by atoms with Crippen molar-refractivity contribution in [3.05, 3.63) is 71.0 Å². The van der Waals surface area contributed by atoms with E-state index in [1.54, 1.807) is 12.3 Å². The molecule has 3 rings (SSSR count). The number of aromatic nitrogens is 1. The fourth-order valence-electron chi connectivity index (χ4n) is 2.54. The quantitative estimate of drug-likeness (QED) is 0.634. The Balaban J connectivity index is 1.64. The summed E-state index contributed by atoms with van der Waals surface area (Å²) in [7, 11) is 3.37. The monoisotopic (exact) mass is 360 g/mol. The lowest BCUT2D eigenvalue weighted by molar-refractivity contribution is 0.282. The summed E-state index contributed by atoms with van der Waals surface area (Å²) in [5.41, 5.74) is 1.77. The average Bonchev–Trinajstić information content (AvgIpc) is 3.04. The molecule has 0 spiro atoms. The van der Waals surface area contributed by atoms with Crippen molar-refractivity contribution in [3.63, 3.8) is 0 Å². The number of ether oxygens (including phenoxy) is 1. The van der Waals surface area contributed by atoms with Crippen molar-refractivity contribution in [2.75, 3.05) is 14.2 Å². The Bertz CT molecular complexity index is 849. The van der Waals surface area contributed by atoms with Crippen LogP contribution in [0.25, 0.3) is 11.3 Å². The molecule has 0 unspecified atom stereocenters. The molecule has 0 fully saturated rings. The minimum absolute atomic E-state index is 0.242. The molecular weight excluding hydrogens is 343 g/mol. The number of rotatable bonds is 6. The molecule has 1 heterocycles. The second-order valence-corrected chi connectivity index (χ2v) is 6.20. The summed E-state index contributed by atoms with van der Waals surface area (Å²) in [6.45, 7) is 1.08. The molecule has 0 bridgehead atoms. The third kappa shape index (κ3) is 4.38. The molecule has 4 nitrogen and oxygen atoms in total. The largest absolute Gasteiger partial charge is 0.494 e. The summed E-state index contributed by atoms with van der Waals surface area (Å²) in [4.78, 5) is 6.30. The maximum absolute atomic E-state index is 13.8. The maximum Gasteiger partial charge on any atom is 0.209 e. The molecule has 0 aliphatic carbocycles. The Morgan fingerprint density at radius 2 is 1.92 bits per heavy atom. The van der Waals surface area contributed by atoms with Gasteiger partial charge in [0.1, 0.15) is 0 Å². The van der Waals surface area contributed by atoms with Crippen molar-refractivity contribution in [3.8, 4) is 17.1 Å². The molecule has 130 valence electrons. The molecule has 6 heteroatoms. The van der Waals surface area contributed by atoms with Crippen LogP contribution in [-0.4, -0.2) is 24.0 Å². The summed E-state index contributed by atoms with van der Waals surface area (Å²) >= 11 is 5.89. The van der Waals surface area contributed by atoms with Gasteiger partial charge in [-0.1, -0.05) is 17.7 Å². The highest BCUT2D eigenvalue weighted by Crippen LogP contribution is 2.23. The van der Waals surface area contributed by atoms with Gasteiger partial charge in [-0.2, -0.15) is 0 Å². The van der Waals surface area contributed by atoms with Crippen molar-refractivity contribution in [1.29, 1.82) is 0 Å². The van der Waals surface area contributed by atoms with E-state index in [4.69, 9.17) is 20.8 Å². The fraction of sp³-hybridized carbons (Fsp3) is 0.211. The number of halogens is 2. The number of benzene rings is 2. The van der Waals surface area contributed by atoms with Crippen molar-refractivity contribution >= 4 is 11.6 Å². The molecular formula is C19H18ClFN2O2. The number of hydrogen-bond donors (Lipinski definition) is 0. The second-order valence-electron chi connectivity index (χ2n) is 5.77. The van der Waals surface area contributed by atoms with Crippen LogP contribution >= 0.6 is 11.6 Å². The van der Waals surface area contributed by atoms with Crippen LogP contribution in [0, 0.1) is 5.82 Å². The molecule has 0 radical (unpaired) electrons. The molecule has 0 aliphatic rings. The van der Waals surface area contributed by atoms with Crippen molar-refractivity contribution in [1.82, 2.24) is 9.88 Å². The lowest BCUT2D eigenvalue weighted by atomic mass is 10.2. The number of hydrogen-bond acceptors (Lipinski definition) is 4. The van der Waals surface area contributed by atoms with Crippen LogP contribution in [0.4, 0.5) is 4.39 Å². The van der Waals surface area contributed by atoms with E-state index in [0.29, 0.717) is 29.8 Å². The average molecular weight is 361 g/mol. The normalized spacial score (nSPS) is 11.1. The molecule has 0 amide bonds. The second kappa shape index (κ2) is 7.68. The van der Waals surface area contributed by atoms with E-state index in [1.807, 2.05) is 42.3 Å². The Hall–Kier alpha value is -2.37. The summed E-state index contributed by atoms with van der Waals surface area (Å²) in [6, 6.07) is 12.3. The Labute approximate surface area is 150 Å². The minimum atomic E-state index is -0.366. The van der Waals surface area contributed by atoms with E-state index in [2.05, 4.69) is 4.98 Å². The third-order valence-corrected chi connectivity index (χ3v) is 4.01. The Morgan fingerprint density at radius 3 is 2.60 bits per heavy atom. The maximum atomic E-state index is 13.8. The highest BCUT2D eigenvalue weighted by atomic mass is 35.5. The predicted molar refractivity (Wildman–Crippen MR) is 95.1 cm³/mol. The van der Waals surface area contributed by atoms with Crippen LogP contribution in [0.2, 0.25) is 5.02 Å². The van der Waals surface area contributed by atoms with Crippen molar-refractivity contribution in [2.45, 2.75) is 13.1 Å². The first-order chi connectivity index (χ1) is 12.0. The highest BCUT2D eigenvalue weighted by molar-refractivity contribution is 6.30. The zero-order valence-corrected chi connectivity index (χ0v) is 14.8. The van der Waals surface area contributed by atoms with E-state index >= 15 is 0 Å². The Morgan fingerprint density at radius 1 is 1.16 bits per heavy atom. The SMILES string of the molecule is COc1ccc(CN(C)Cc2ncc(-c3ccc(Cl)cc3)o2)cc1F. The van der Waals surface area contributed by atoms with Crippen LogP contribution in [-0.2, 0) is 13.1 Å². The molecule has 1 aromatic heterocycles. The van der Waals surface area contributed by atoms with Gasteiger partial charge in [0.15, 0.2) is 17.3 Å². The first kappa shape index (κ1) is 17.5. The highest BCUT2D eigenvalue weighted by Gasteiger charge is 2.11. The summed E-state index contributed by atoms with van der Waals surface area (Å²) < 4.78 is 24.5. The van der Waals surface area contributed by atoms with Gasteiger partial charge in [0.25, 0.3) is 0 Å². The number of methoxy groups -OCH3 is 1. The van der Waals surface area contributed by atoms with E-state index in [0.717, 1.165) is 11.1 Å². The summed E-state index contributed by atoms with van der Waals surface area (Å²) in [6.07, 6.45) is 1.69. The Kier molecular flexibility index (Phi) is 5.36. The molecule has 0 aliphatic heterocycles. The molecule has 0 atom stereocenters. The van der Waals surface area contributed by atoms with Gasteiger partial charge >= 0.3 is 0 Å². The zero-order valence-electron chi connectivity index (χ0n) is 14.0. The topological polar surface area (TPSA) is 38.5 Å². The van der Waals surface area contributed by atoms with Gasteiger partial charge in [0.2, 0.25) is 5.89 Å². The summed E-state index contributed by atoms with van der Waals surface area (Å²) in [5, 5.41) is 0.676. The van der Waals surface area contributed by atoms with Crippen LogP contribution in [0.1, 0.15) is 11.5 Å². The van der Waals surface area contributed by atoms with E-state index in [9.17, 15) is 4.39 Å². The van der Waals surface area contributed by atoms with E-state index in [1.165, 1.54) is 13.2 Å². The van der Waals surface area contributed by atoms with Crippen LogP contribution < -0.4 is 4.74 Å². The number of nitrogens with zero attached hydrogens (tertiary/aromatic N) is 2. The standard InChI is InChI=1S/C19H18ClFN2O2/c1-23(11-13-3-8-17(24-2)16(21)9-13)12-19-22-10-18(25-19)14-4-6-15(20)7-5-14/h3-10H,11-12H2,1-2H3. The minimum Gasteiger partial charge on any atom is -0.494 e. The molecule has 0 saturated carbocycles. The smallest absolute Gasteiger partial charge is 0.209 e. The van der Waals surface area contributed by atoms with E-state index in [-0.39, 0.29) is 11.6 Å². The van der Waals surface area contributed by atoms with Crippen LogP contribution in [0.5, 0.6) is 5.75 Å². The van der Waals surface area contributed by atoms with Gasteiger partial charge in [-0.05, 0) is 49.0 Å². The fourth-order valence-corrected chi connectivity index (χ4v) is 2.66. The molecule has 0 N–H and O–H groups in total. The van der Waals surface area contributed by atoms with Gasteiger partial charge in [-0.3, -0.25) is 4.90 Å². The van der Waals surface area contributed by atoms with Gasteiger partial charge in [0, 0.05) is 17.1 Å². The first-order valence-corrected chi connectivity index (χ1v) is 8.14. The molecule has 2 aromatic carbocycles. The lowest BCUT2D eigenvalue weighted by Gasteiger charge is -2.15. The lowest BCUT2D eigenvalue weighted by Crippen LogP contribution is -2.17. The van der Waals surface area contributed by atoms with Gasteiger partial charge in [-0.25, -0.2) is 9.37 Å². The van der Waals surface area contributed by atoms with Gasteiger partial charge in [0.05, 0.1) is 19.9 Å². The van der Waals surface area contributed by atoms with Gasteiger partial charge < -0.3 is 9.15 Å².